The van der Waals surface area contributed by atoms with Crippen molar-refractivity contribution in [3.05, 3.63) is 20.8 Å². The molecule has 0 amide bonds. The van der Waals surface area contributed by atoms with Crippen LogP contribution in [0.2, 0.25) is 0 Å². The average Bonchev–Trinajstić information content (AvgIpc) is 2.36. The van der Waals surface area contributed by atoms with Crippen molar-refractivity contribution in [2.75, 3.05) is 0 Å². The fourth-order valence-electron chi connectivity index (χ4n) is 0.734. The first-order valence-corrected chi connectivity index (χ1v) is 4.91. The molecule has 3 nitrogen and oxygen atoms in total. The molecule has 1 aromatic rings. The van der Waals surface area contributed by atoms with Gasteiger partial charge in [-0.2, -0.15) is 0 Å². The minimum atomic E-state index is -1.31. The van der Waals surface area contributed by atoms with E-state index in [2.05, 4.69) is 15.9 Å². The summed E-state index contributed by atoms with van der Waals surface area (Å²) in [6.45, 7) is 0. The summed E-state index contributed by atoms with van der Waals surface area (Å²) >= 11 is 4.68. The number of aliphatic carboxylic acids is 1. The molecule has 0 unspecified atom stereocenters. The van der Waals surface area contributed by atoms with Crippen molar-refractivity contribution in [2.45, 2.75) is 12.5 Å². The Kier molecular flexibility index (Phi) is 3.25. The SMILES string of the molecule is O=C(O)[C@H](O)Cc1sccc1Br. The summed E-state index contributed by atoms with van der Waals surface area (Å²) in [6.07, 6.45) is -1.15. The molecule has 0 fully saturated rings. The number of hydrogen-bond donors (Lipinski definition) is 2. The van der Waals surface area contributed by atoms with Crippen molar-refractivity contribution >= 4 is 33.2 Å². The largest absolute Gasteiger partial charge is 0.479 e. The van der Waals surface area contributed by atoms with Gasteiger partial charge in [-0.3, -0.25) is 0 Å². The first-order valence-electron chi connectivity index (χ1n) is 3.24. The van der Waals surface area contributed by atoms with Crippen molar-refractivity contribution in [3.63, 3.8) is 0 Å². The number of aliphatic hydroxyl groups is 1. The third-order valence-corrected chi connectivity index (χ3v) is 3.30. The van der Waals surface area contributed by atoms with Gasteiger partial charge in [0.1, 0.15) is 0 Å². The van der Waals surface area contributed by atoms with E-state index < -0.39 is 12.1 Å². The minimum absolute atomic E-state index is 0.160. The van der Waals surface area contributed by atoms with E-state index in [1.165, 1.54) is 11.3 Å². The molecule has 0 saturated carbocycles. The van der Waals surface area contributed by atoms with Crippen LogP contribution in [0.3, 0.4) is 0 Å². The van der Waals surface area contributed by atoms with Crippen LogP contribution in [0.4, 0.5) is 0 Å². The van der Waals surface area contributed by atoms with E-state index in [-0.39, 0.29) is 6.42 Å². The molecule has 2 N–H and O–H groups in total. The molecule has 66 valence electrons. The quantitative estimate of drug-likeness (QED) is 0.855. The molecule has 0 aliphatic heterocycles. The van der Waals surface area contributed by atoms with Gasteiger partial charge in [-0.15, -0.1) is 11.3 Å². The maximum Gasteiger partial charge on any atom is 0.332 e. The van der Waals surface area contributed by atoms with Gasteiger partial charge in [0.15, 0.2) is 6.10 Å². The zero-order valence-electron chi connectivity index (χ0n) is 6.03. The number of rotatable bonds is 3. The van der Waals surface area contributed by atoms with Crippen LogP contribution in [0, 0.1) is 0 Å². The smallest absolute Gasteiger partial charge is 0.332 e. The minimum Gasteiger partial charge on any atom is -0.479 e. The Bertz CT molecular complexity index is 284. The summed E-state index contributed by atoms with van der Waals surface area (Å²) in [4.78, 5) is 11.1. The van der Waals surface area contributed by atoms with E-state index in [9.17, 15) is 4.79 Å². The van der Waals surface area contributed by atoms with Crippen LogP contribution < -0.4 is 0 Å². The highest BCUT2D eigenvalue weighted by Crippen LogP contribution is 2.23. The summed E-state index contributed by atoms with van der Waals surface area (Å²) in [5, 5.41) is 19.3. The van der Waals surface area contributed by atoms with Gasteiger partial charge in [0.25, 0.3) is 0 Å². The van der Waals surface area contributed by atoms with E-state index in [0.717, 1.165) is 9.35 Å². The van der Waals surface area contributed by atoms with E-state index in [1.807, 2.05) is 11.4 Å². The summed E-state index contributed by atoms with van der Waals surface area (Å²) < 4.78 is 0.854. The fraction of sp³-hybridized carbons (Fsp3) is 0.286. The van der Waals surface area contributed by atoms with Crippen molar-refractivity contribution < 1.29 is 15.0 Å². The lowest BCUT2D eigenvalue weighted by Crippen LogP contribution is -2.21. The maximum absolute atomic E-state index is 10.3. The van der Waals surface area contributed by atoms with Gasteiger partial charge in [-0.05, 0) is 27.4 Å². The molecular formula is C7H7BrO3S. The van der Waals surface area contributed by atoms with Gasteiger partial charge in [0.05, 0.1) is 0 Å². The number of carbonyl (C=O) groups is 1. The number of hydrogen-bond acceptors (Lipinski definition) is 3. The van der Waals surface area contributed by atoms with Crippen LogP contribution in [-0.2, 0) is 11.2 Å². The second-order valence-electron chi connectivity index (χ2n) is 2.25. The Labute approximate surface area is 81.8 Å². The predicted molar refractivity (Wildman–Crippen MR) is 49.4 cm³/mol. The van der Waals surface area contributed by atoms with Gasteiger partial charge in [0.2, 0.25) is 0 Å². The number of halogens is 1. The summed E-state index contributed by atoms with van der Waals surface area (Å²) in [7, 11) is 0. The molecule has 1 rings (SSSR count). The van der Waals surface area contributed by atoms with E-state index in [0.29, 0.717) is 0 Å². The molecule has 5 heteroatoms. The average molecular weight is 251 g/mol. The zero-order chi connectivity index (χ0) is 9.14. The van der Waals surface area contributed by atoms with E-state index in [4.69, 9.17) is 10.2 Å². The summed E-state index contributed by atoms with van der Waals surface area (Å²) in [5.74, 6) is -1.18. The first-order chi connectivity index (χ1) is 5.61. The Morgan fingerprint density at radius 1 is 1.75 bits per heavy atom. The molecule has 1 aromatic heterocycles. The standard InChI is InChI=1S/C7H7BrO3S/c8-4-1-2-12-6(4)3-5(9)7(10)11/h1-2,5,9H,3H2,(H,10,11)/t5-/m1/s1. The van der Waals surface area contributed by atoms with Crippen molar-refractivity contribution in [1.82, 2.24) is 0 Å². The molecular weight excluding hydrogens is 244 g/mol. The third kappa shape index (κ3) is 2.30. The Morgan fingerprint density at radius 3 is 2.83 bits per heavy atom. The van der Waals surface area contributed by atoms with Gasteiger partial charge < -0.3 is 10.2 Å². The van der Waals surface area contributed by atoms with Gasteiger partial charge in [-0.1, -0.05) is 0 Å². The Hall–Kier alpha value is -0.390. The summed E-state index contributed by atoms with van der Waals surface area (Å²) in [6, 6.07) is 1.83. The number of aliphatic hydroxyl groups excluding tert-OH is 1. The maximum atomic E-state index is 10.3. The normalized spacial score (nSPS) is 12.8. The molecule has 0 saturated heterocycles. The summed E-state index contributed by atoms with van der Waals surface area (Å²) in [5.41, 5.74) is 0. The fourth-order valence-corrected chi connectivity index (χ4v) is 2.29. The van der Waals surface area contributed by atoms with Gasteiger partial charge in [0, 0.05) is 15.8 Å². The second kappa shape index (κ2) is 4.02. The lowest BCUT2D eigenvalue weighted by Gasteiger charge is -2.02. The van der Waals surface area contributed by atoms with Crippen molar-refractivity contribution in [3.8, 4) is 0 Å². The molecule has 1 heterocycles. The van der Waals surface area contributed by atoms with Crippen LogP contribution in [0.25, 0.3) is 0 Å². The lowest BCUT2D eigenvalue weighted by atomic mass is 10.2. The van der Waals surface area contributed by atoms with E-state index >= 15 is 0 Å². The van der Waals surface area contributed by atoms with Crippen molar-refractivity contribution in [1.29, 1.82) is 0 Å². The number of carboxylic acids is 1. The Balaban J connectivity index is 2.64. The Morgan fingerprint density at radius 2 is 2.42 bits per heavy atom. The molecule has 0 aromatic carbocycles. The van der Waals surface area contributed by atoms with Gasteiger partial charge >= 0.3 is 5.97 Å². The van der Waals surface area contributed by atoms with Crippen molar-refractivity contribution in [2.24, 2.45) is 0 Å². The lowest BCUT2D eigenvalue weighted by molar-refractivity contribution is -0.146. The molecule has 0 aliphatic rings. The van der Waals surface area contributed by atoms with Crippen LogP contribution in [0.15, 0.2) is 15.9 Å². The van der Waals surface area contributed by atoms with E-state index in [1.54, 1.807) is 0 Å². The van der Waals surface area contributed by atoms with Gasteiger partial charge in [-0.25, -0.2) is 4.79 Å². The molecule has 0 radical (unpaired) electrons. The second-order valence-corrected chi connectivity index (χ2v) is 4.10. The predicted octanol–water partition coefficient (Wildman–Crippen LogP) is 1.50. The third-order valence-electron chi connectivity index (χ3n) is 1.35. The molecule has 1 atom stereocenters. The molecule has 0 aliphatic carbocycles. The highest BCUT2D eigenvalue weighted by molar-refractivity contribution is 9.10. The van der Waals surface area contributed by atoms with Crippen LogP contribution in [0.1, 0.15) is 4.88 Å². The van der Waals surface area contributed by atoms with Crippen LogP contribution in [-0.4, -0.2) is 22.3 Å². The molecule has 12 heavy (non-hydrogen) atoms. The zero-order valence-corrected chi connectivity index (χ0v) is 8.43. The topological polar surface area (TPSA) is 57.5 Å². The van der Waals surface area contributed by atoms with Crippen LogP contribution >= 0.6 is 27.3 Å². The first kappa shape index (κ1) is 9.70. The molecule has 0 bridgehead atoms. The molecule has 0 spiro atoms. The van der Waals surface area contributed by atoms with Crippen LogP contribution in [0.5, 0.6) is 0 Å². The monoisotopic (exact) mass is 250 g/mol. The number of carboxylic acid groups (broad SMARTS) is 1. The highest BCUT2D eigenvalue weighted by Gasteiger charge is 2.15. The number of thiophene rings is 1. The highest BCUT2D eigenvalue weighted by atomic mass is 79.9.